The van der Waals surface area contributed by atoms with Crippen molar-refractivity contribution < 1.29 is 9.72 Å². The van der Waals surface area contributed by atoms with Crippen molar-refractivity contribution in [2.24, 2.45) is 0 Å². The summed E-state index contributed by atoms with van der Waals surface area (Å²) in [5, 5.41) is 13.6. The number of non-ortho nitro benzene ring substituents is 1. The number of amides is 1. The van der Waals surface area contributed by atoms with Gasteiger partial charge in [-0.05, 0) is 31.0 Å². The fourth-order valence-electron chi connectivity index (χ4n) is 3.31. The first kappa shape index (κ1) is 18.2. The van der Waals surface area contributed by atoms with Gasteiger partial charge in [0.1, 0.15) is 5.82 Å². The topological polar surface area (TPSA) is 90.1 Å². The van der Waals surface area contributed by atoms with Crippen LogP contribution in [0.3, 0.4) is 0 Å². The average molecular weight is 397 g/mol. The van der Waals surface area contributed by atoms with E-state index < -0.39 is 10.8 Å². The monoisotopic (exact) mass is 396 g/mol. The summed E-state index contributed by atoms with van der Waals surface area (Å²) in [6.07, 6.45) is 5.34. The molecule has 3 aromatic rings. The van der Waals surface area contributed by atoms with Gasteiger partial charge in [0.15, 0.2) is 0 Å². The lowest BCUT2D eigenvalue weighted by Gasteiger charge is -2.11. The molecule has 2 aromatic carbocycles. The highest BCUT2D eigenvalue weighted by Gasteiger charge is 2.16. The molecule has 0 fully saturated rings. The zero-order valence-corrected chi connectivity index (χ0v) is 15.6. The van der Waals surface area contributed by atoms with Crippen LogP contribution in [-0.2, 0) is 13.0 Å². The van der Waals surface area contributed by atoms with E-state index in [1.807, 2.05) is 24.4 Å². The number of nitro groups is 1. The summed E-state index contributed by atoms with van der Waals surface area (Å²) in [7, 11) is 0. The number of fused-ring (bicyclic) bond motifs is 1. The quantitative estimate of drug-likeness (QED) is 0.511. The standard InChI is InChI=1S/C20H17ClN4O3/c21-17-11-15(25(27)28)7-8-16(17)20(26)22-14-5-3-4-13(10-14)18-12-24-9-2-1-6-19(24)23-18/h3-5,7-8,10-12H,1-2,6,9H2,(H,22,26). The number of carbonyl (C=O) groups excluding carboxylic acids is 1. The van der Waals surface area contributed by atoms with Gasteiger partial charge in [-0.15, -0.1) is 0 Å². The number of halogens is 1. The molecule has 0 aliphatic carbocycles. The molecule has 0 spiro atoms. The molecule has 0 saturated heterocycles. The number of anilines is 1. The van der Waals surface area contributed by atoms with Crippen molar-refractivity contribution in [3.63, 3.8) is 0 Å². The van der Waals surface area contributed by atoms with E-state index in [1.165, 1.54) is 18.2 Å². The molecule has 142 valence electrons. The number of imidazole rings is 1. The molecule has 1 N–H and O–H groups in total. The molecule has 1 aliphatic rings. The summed E-state index contributed by atoms with van der Waals surface area (Å²) in [6, 6.07) is 11.2. The third-order valence-corrected chi connectivity index (χ3v) is 5.05. The third kappa shape index (κ3) is 3.61. The molecule has 1 aliphatic heterocycles. The van der Waals surface area contributed by atoms with E-state index in [-0.39, 0.29) is 16.3 Å². The second kappa shape index (κ2) is 7.44. The van der Waals surface area contributed by atoms with E-state index in [9.17, 15) is 14.9 Å². The molecule has 7 nitrogen and oxygen atoms in total. The predicted octanol–water partition coefficient (Wildman–Crippen LogP) is 4.70. The Hall–Kier alpha value is -3.19. The highest BCUT2D eigenvalue weighted by atomic mass is 35.5. The molecule has 4 rings (SSSR count). The van der Waals surface area contributed by atoms with Crippen molar-refractivity contribution in [2.45, 2.75) is 25.8 Å². The van der Waals surface area contributed by atoms with Crippen LogP contribution in [-0.4, -0.2) is 20.4 Å². The number of rotatable bonds is 4. The Balaban J connectivity index is 1.56. The Kier molecular flexibility index (Phi) is 4.83. The number of nitrogens with zero attached hydrogens (tertiary/aromatic N) is 3. The van der Waals surface area contributed by atoms with Crippen LogP contribution in [0, 0.1) is 10.1 Å². The van der Waals surface area contributed by atoms with Gasteiger partial charge < -0.3 is 9.88 Å². The average Bonchev–Trinajstić information content (AvgIpc) is 3.12. The van der Waals surface area contributed by atoms with Gasteiger partial charge in [0, 0.05) is 42.5 Å². The van der Waals surface area contributed by atoms with Crippen LogP contribution in [0.5, 0.6) is 0 Å². The largest absolute Gasteiger partial charge is 0.334 e. The molecule has 2 heterocycles. The Morgan fingerprint density at radius 1 is 1.21 bits per heavy atom. The summed E-state index contributed by atoms with van der Waals surface area (Å²) in [4.78, 5) is 27.5. The predicted molar refractivity (Wildman–Crippen MR) is 107 cm³/mol. The lowest BCUT2D eigenvalue weighted by atomic mass is 10.1. The maximum Gasteiger partial charge on any atom is 0.270 e. The van der Waals surface area contributed by atoms with Crippen LogP contribution in [0.1, 0.15) is 29.0 Å². The van der Waals surface area contributed by atoms with Crippen LogP contribution in [0.15, 0.2) is 48.7 Å². The first-order valence-electron chi connectivity index (χ1n) is 8.93. The van der Waals surface area contributed by atoms with Crippen molar-refractivity contribution in [1.29, 1.82) is 0 Å². The molecule has 1 aromatic heterocycles. The van der Waals surface area contributed by atoms with Crippen LogP contribution in [0.25, 0.3) is 11.3 Å². The molecule has 0 atom stereocenters. The minimum atomic E-state index is -0.554. The molecule has 0 unspecified atom stereocenters. The Bertz CT molecular complexity index is 1050. The minimum Gasteiger partial charge on any atom is -0.334 e. The van der Waals surface area contributed by atoms with Gasteiger partial charge in [0.25, 0.3) is 11.6 Å². The van der Waals surface area contributed by atoms with E-state index >= 15 is 0 Å². The van der Waals surface area contributed by atoms with Gasteiger partial charge in [0.05, 0.1) is 21.2 Å². The molecular formula is C20H17ClN4O3. The lowest BCUT2D eigenvalue weighted by Crippen LogP contribution is -2.12. The molecule has 0 radical (unpaired) electrons. The van der Waals surface area contributed by atoms with Gasteiger partial charge in [-0.25, -0.2) is 4.98 Å². The second-order valence-electron chi connectivity index (χ2n) is 6.65. The van der Waals surface area contributed by atoms with Crippen molar-refractivity contribution in [1.82, 2.24) is 9.55 Å². The number of nitro benzene ring substituents is 1. The summed E-state index contributed by atoms with van der Waals surface area (Å²) >= 11 is 6.04. The Morgan fingerprint density at radius 3 is 2.82 bits per heavy atom. The van der Waals surface area contributed by atoms with Crippen LogP contribution >= 0.6 is 11.6 Å². The van der Waals surface area contributed by atoms with Crippen molar-refractivity contribution >= 4 is 28.9 Å². The maximum atomic E-state index is 12.5. The maximum absolute atomic E-state index is 12.5. The number of aryl methyl sites for hydroxylation is 2. The highest BCUT2D eigenvalue weighted by Crippen LogP contribution is 2.26. The van der Waals surface area contributed by atoms with Gasteiger partial charge in [0.2, 0.25) is 0 Å². The highest BCUT2D eigenvalue weighted by molar-refractivity contribution is 6.34. The first-order valence-corrected chi connectivity index (χ1v) is 9.31. The van der Waals surface area contributed by atoms with Gasteiger partial charge >= 0.3 is 0 Å². The number of nitrogens with one attached hydrogen (secondary N) is 1. The van der Waals surface area contributed by atoms with Crippen LogP contribution in [0.4, 0.5) is 11.4 Å². The first-order chi connectivity index (χ1) is 13.5. The Morgan fingerprint density at radius 2 is 2.07 bits per heavy atom. The summed E-state index contributed by atoms with van der Waals surface area (Å²) in [5.41, 5.74) is 2.40. The molecule has 28 heavy (non-hydrogen) atoms. The number of hydrogen-bond donors (Lipinski definition) is 1. The van der Waals surface area contributed by atoms with Crippen LogP contribution in [0.2, 0.25) is 5.02 Å². The van der Waals surface area contributed by atoms with Gasteiger partial charge in [-0.1, -0.05) is 23.7 Å². The van der Waals surface area contributed by atoms with E-state index in [1.54, 1.807) is 6.07 Å². The number of benzene rings is 2. The normalized spacial score (nSPS) is 13.0. The molecular weight excluding hydrogens is 380 g/mol. The fourth-order valence-corrected chi connectivity index (χ4v) is 3.57. The number of hydrogen-bond acceptors (Lipinski definition) is 4. The van der Waals surface area contributed by atoms with Gasteiger partial charge in [-0.3, -0.25) is 14.9 Å². The molecule has 0 saturated carbocycles. The summed E-state index contributed by atoms with van der Waals surface area (Å²) < 4.78 is 2.18. The van der Waals surface area contributed by atoms with Crippen molar-refractivity contribution in [3.05, 3.63) is 75.2 Å². The molecule has 0 bridgehead atoms. The zero-order valence-electron chi connectivity index (χ0n) is 14.9. The van der Waals surface area contributed by atoms with E-state index in [0.29, 0.717) is 5.69 Å². The van der Waals surface area contributed by atoms with E-state index in [0.717, 1.165) is 42.9 Å². The molecule has 1 amide bonds. The second-order valence-corrected chi connectivity index (χ2v) is 7.06. The fraction of sp³-hybridized carbons (Fsp3) is 0.200. The Labute approximate surface area is 166 Å². The number of aromatic nitrogens is 2. The summed E-state index contributed by atoms with van der Waals surface area (Å²) in [5.74, 6) is 0.662. The summed E-state index contributed by atoms with van der Waals surface area (Å²) in [6.45, 7) is 0.984. The van der Waals surface area contributed by atoms with Crippen molar-refractivity contribution in [2.75, 3.05) is 5.32 Å². The van der Waals surface area contributed by atoms with E-state index in [2.05, 4.69) is 9.88 Å². The molecule has 8 heteroatoms. The SMILES string of the molecule is O=C(Nc1cccc(-c2cn3c(n2)CCCC3)c1)c1ccc([N+](=O)[O-])cc1Cl. The van der Waals surface area contributed by atoms with Gasteiger partial charge in [-0.2, -0.15) is 0 Å². The smallest absolute Gasteiger partial charge is 0.270 e. The minimum absolute atomic E-state index is 0.0321. The lowest BCUT2D eigenvalue weighted by molar-refractivity contribution is -0.384. The van der Waals surface area contributed by atoms with E-state index in [4.69, 9.17) is 16.6 Å². The van der Waals surface area contributed by atoms with Crippen LogP contribution < -0.4 is 5.32 Å². The van der Waals surface area contributed by atoms with Crippen molar-refractivity contribution in [3.8, 4) is 11.3 Å². The number of carbonyl (C=O) groups is 1. The zero-order chi connectivity index (χ0) is 19.7. The third-order valence-electron chi connectivity index (χ3n) is 4.73.